The lowest BCUT2D eigenvalue weighted by Crippen LogP contribution is -1.93. The zero-order valence-corrected chi connectivity index (χ0v) is 14.5. The molecule has 0 aliphatic carbocycles. The van der Waals surface area contributed by atoms with Crippen LogP contribution in [0.5, 0.6) is 0 Å². The molecule has 118 valence electrons. The van der Waals surface area contributed by atoms with E-state index in [-0.39, 0.29) is 0 Å². The van der Waals surface area contributed by atoms with Crippen LogP contribution in [0.15, 0.2) is 72.1 Å². The fourth-order valence-electron chi connectivity index (χ4n) is 2.86. The number of aryl methyl sites for hydroxylation is 2. The van der Waals surface area contributed by atoms with Gasteiger partial charge in [-0.15, -0.1) is 11.3 Å². The van der Waals surface area contributed by atoms with Crippen molar-refractivity contribution in [3.05, 3.63) is 77.7 Å². The minimum absolute atomic E-state index is 1.03. The summed E-state index contributed by atoms with van der Waals surface area (Å²) in [6.45, 7) is 2.11. The number of hydrogen-bond donors (Lipinski definition) is 0. The summed E-state index contributed by atoms with van der Waals surface area (Å²) in [7, 11) is 2.00. The molecule has 0 aliphatic heterocycles. The summed E-state index contributed by atoms with van der Waals surface area (Å²) < 4.78 is 1.95. The van der Waals surface area contributed by atoms with Crippen LogP contribution in [-0.4, -0.2) is 9.78 Å². The van der Waals surface area contributed by atoms with Gasteiger partial charge < -0.3 is 0 Å². The maximum Gasteiger partial charge on any atom is 0.103 e. The molecule has 0 amide bonds. The first-order valence-corrected chi connectivity index (χ1v) is 8.84. The predicted octanol–water partition coefficient (Wildman–Crippen LogP) is 5.79. The average molecular weight is 330 g/mol. The molecule has 0 atom stereocenters. The third-order valence-electron chi connectivity index (χ3n) is 4.22. The summed E-state index contributed by atoms with van der Waals surface area (Å²) in [4.78, 5) is 1.20. The number of rotatable bonds is 3. The normalized spacial score (nSPS) is 10.9. The Morgan fingerprint density at radius 2 is 1.46 bits per heavy atom. The summed E-state index contributed by atoms with van der Waals surface area (Å²) >= 11 is 1.72. The number of nitrogens with zero attached hydrogens (tertiary/aromatic N) is 2. The zero-order chi connectivity index (χ0) is 16.5. The van der Waals surface area contributed by atoms with E-state index in [9.17, 15) is 0 Å². The van der Waals surface area contributed by atoms with Crippen molar-refractivity contribution in [1.82, 2.24) is 9.78 Å². The van der Waals surface area contributed by atoms with Crippen LogP contribution in [0.4, 0.5) is 0 Å². The smallest absolute Gasteiger partial charge is 0.103 e. The standard InChI is InChI=1S/C21H18N2S/c1-15-5-7-16(8-6-15)17-9-11-18(12-10-17)20-14-19(22-23(20)2)21-4-3-13-24-21/h3-14H,1-2H3. The average Bonchev–Trinajstić information content (AvgIpc) is 3.25. The quantitative estimate of drug-likeness (QED) is 0.465. The van der Waals surface area contributed by atoms with Gasteiger partial charge in [-0.3, -0.25) is 4.68 Å². The Labute approximate surface area is 146 Å². The first-order chi connectivity index (χ1) is 11.7. The maximum atomic E-state index is 4.65. The van der Waals surface area contributed by atoms with Gasteiger partial charge in [-0.05, 0) is 41.1 Å². The lowest BCUT2D eigenvalue weighted by Gasteiger charge is -2.05. The van der Waals surface area contributed by atoms with E-state index >= 15 is 0 Å². The number of hydrogen-bond acceptors (Lipinski definition) is 2. The number of aromatic nitrogens is 2. The van der Waals surface area contributed by atoms with E-state index in [1.165, 1.54) is 27.1 Å². The first-order valence-electron chi connectivity index (χ1n) is 7.96. The largest absolute Gasteiger partial charge is 0.267 e. The molecule has 0 spiro atoms. The molecule has 2 aromatic heterocycles. The fourth-order valence-corrected chi connectivity index (χ4v) is 3.54. The number of benzene rings is 2. The van der Waals surface area contributed by atoms with Gasteiger partial charge in [0.2, 0.25) is 0 Å². The summed E-state index contributed by atoms with van der Waals surface area (Å²) in [5.41, 5.74) is 7.12. The molecule has 0 N–H and O–H groups in total. The molecule has 2 aromatic carbocycles. The van der Waals surface area contributed by atoms with E-state index in [4.69, 9.17) is 0 Å². The van der Waals surface area contributed by atoms with Crippen LogP contribution < -0.4 is 0 Å². The lowest BCUT2D eigenvalue weighted by atomic mass is 10.0. The third-order valence-corrected chi connectivity index (χ3v) is 5.11. The van der Waals surface area contributed by atoms with Crippen molar-refractivity contribution in [3.8, 4) is 33.0 Å². The van der Waals surface area contributed by atoms with E-state index in [0.29, 0.717) is 0 Å². The Bertz CT molecular complexity index is 946. The summed E-state index contributed by atoms with van der Waals surface area (Å²) in [6.07, 6.45) is 0. The first kappa shape index (κ1) is 14.9. The van der Waals surface area contributed by atoms with Crippen LogP contribution in [-0.2, 0) is 7.05 Å². The highest BCUT2D eigenvalue weighted by molar-refractivity contribution is 7.13. The van der Waals surface area contributed by atoms with Crippen molar-refractivity contribution in [2.24, 2.45) is 7.05 Å². The fraction of sp³-hybridized carbons (Fsp3) is 0.0952. The van der Waals surface area contributed by atoms with Crippen LogP contribution in [0.25, 0.3) is 33.0 Å². The van der Waals surface area contributed by atoms with Gasteiger partial charge in [-0.25, -0.2) is 0 Å². The molecular weight excluding hydrogens is 312 g/mol. The zero-order valence-electron chi connectivity index (χ0n) is 13.7. The highest BCUT2D eigenvalue weighted by Crippen LogP contribution is 2.29. The molecule has 3 heteroatoms. The second kappa shape index (κ2) is 6.10. The number of thiophene rings is 1. The van der Waals surface area contributed by atoms with Gasteiger partial charge in [0.1, 0.15) is 5.69 Å². The van der Waals surface area contributed by atoms with Gasteiger partial charge in [0.05, 0.1) is 10.6 Å². The summed E-state index contributed by atoms with van der Waals surface area (Å²) in [6, 6.07) is 23.7. The van der Waals surface area contributed by atoms with Gasteiger partial charge in [-0.2, -0.15) is 5.10 Å². The Morgan fingerprint density at radius 1 is 0.833 bits per heavy atom. The third kappa shape index (κ3) is 2.79. The highest BCUT2D eigenvalue weighted by atomic mass is 32.1. The molecule has 0 fully saturated rings. The molecule has 4 rings (SSSR count). The molecule has 0 aliphatic rings. The molecule has 0 unspecified atom stereocenters. The molecular formula is C21H18N2S. The van der Waals surface area contributed by atoms with Gasteiger partial charge in [0.15, 0.2) is 0 Å². The van der Waals surface area contributed by atoms with Crippen LogP contribution in [0, 0.1) is 6.92 Å². The minimum Gasteiger partial charge on any atom is -0.267 e. The summed E-state index contributed by atoms with van der Waals surface area (Å²) in [5, 5.41) is 6.73. The van der Waals surface area contributed by atoms with Crippen molar-refractivity contribution in [3.63, 3.8) is 0 Å². The van der Waals surface area contributed by atoms with Gasteiger partial charge >= 0.3 is 0 Å². The van der Waals surface area contributed by atoms with E-state index < -0.39 is 0 Å². The highest BCUT2D eigenvalue weighted by Gasteiger charge is 2.10. The van der Waals surface area contributed by atoms with Crippen LogP contribution in [0.1, 0.15) is 5.56 Å². The molecule has 0 saturated carbocycles. The maximum absolute atomic E-state index is 4.65. The molecule has 0 saturated heterocycles. The molecule has 24 heavy (non-hydrogen) atoms. The minimum atomic E-state index is 1.03. The molecule has 2 nitrogen and oxygen atoms in total. The van der Waals surface area contributed by atoms with Gasteiger partial charge in [-0.1, -0.05) is 60.2 Å². The Morgan fingerprint density at radius 3 is 2.08 bits per heavy atom. The molecule has 0 radical (unpaired) electrons. The van der Waals surface area contributed by atoms with Crippen molar-refractivity contribution >= 4 is 11.3 Å². The molecule has 2 heterocycles. The Hall–Kier alpha value is -2.65. The Balaban J connectivity index is 1.67. The topological polar surface area (TPSA) is 17.8 Å². The van der Waals surface area contributed by atoms with Crippen LogP contribution in [0.2, 0.25) is 0 Å². The van der Waals surface area contributed by atoms with E-state index in [1.807, 2.05) is 11.7 Å². The molecule has 0 bridgehead atoms. The van der Waals surface area contributed by atoms with Crippen molar-refractivity contribution in [2.75, 3.05) is 0 Å². The van der Waals surface area contributed by atoms with Crippen molar-refractivity contribution < 1.29 is 0 Å². The second-order valence-corrected chi connectivity index (χ2v) is 6.91. The predicted molar refractivity (Wildman–Crippen MR) is 102 cm³/mol. The van der Waals surface area contributed by atoms with Crippen LogP contribution in [0.3, 0.4) is 0 Å². The van der Waals surface area contributed by atoms with E-state index in [2.05, 4.69) is 84.1 Å². The monoisotopic (exact) mass is 330 g/mol. The van der Waals surface area contributed by atoms with Crippen molar-refractivity contribution in [2.45, 2.75) is 6.92 Å². The molecule has 4 aromatic rings. The second-order valence-electron chi connectivity index (χ2n) is 5.96. The summed E-state index contributed by atoms with van der Waals surface area (Å²) in [5.74, 6) is 0. The Kier molecular flexibility index (Phi) is 3.79. The lowest BCUT2D eigenvalue weighted by molar-refractivity contribution is 0.779. The van der Waals surface area contributed by atoms with E-state index in [0.717, 1.165) is 11.4 Å². The van der Waals surface area contributed by atoms with Gasteiger partial charge in [0.25, 0.3) is 0 Å². The van der Waals surface area contributed by atoms with Crippen LogP contribution >= 0.6 is 11.3 Å². The van der Waals surface area contributed by atoms with Gasteiger partial charge in [0, 0.05) is 7.05 Å². The SMILES string of the molecule is Cc1ccc(-c2ccc(-c3cc(-c4cccs4)nn3C)cc2)cc1. The van der Waals surface area contributed by atoms with Crippen molar-refractivity contribution in [1.29, 1.82) is 0 Å². The van der Waals surface area contributed by atoms with E-state index in [1.54, 1.807) is 11.3 Å².